The smallest absolute Gasteiger partial charge is 0.251 e. The third-order valence-corrected chi connectivity index (χ3v) is 2.29. The minimum atomic E-state index is -0.234. The topological polar surface area (TPSA) is 67.4 Å². The van der Waals surface area contributed by atoms with Crippen molar-refractivity contribution in [1.29, 1.82) is 0 Å². The first-order valence-electron chi connectivity index (χ1n) is 6.32. The fraction of sp³-hybridized carbons (Fsp3) is 0.429. The first kappa shape index (κ1) is 15.2. The van der Waals surface area contributed by atoms with E-state index in [0.717, 1.165) is 0 Å². The van der Waals surface area contributed by atoms with Gasteiger partial charge in [-0.3, -0.25) is 9.59 Å². The van der Waals surface area contributed by atoms with Crippen LogP contribution < -0.4 is 10.6 Å². The predicted molar refractivity (Wildman–Crippen MR) is 74.2 cm³/mol. The van der Waals surface area contributed by atoms with Crippen molar-refractivity contribution in [2.45, 2.75) is 26.9 Å². The van der Waals surface area contributed by atoms with Crippen molar-refractivity contribution in [3.05, 3.63) is 29.8 Å². The average Bonchev–Trinajstić information content (AvgIpc) is 2.37. The molecule has 0 aliphatic carbocycles. The largest absolute Gasteiger partial charge is 0.369 e. The van der Waals surface area contributed by atoms with Gasteiger partial charge < -0.3 is 15.4 Å². The van der Waals surface area contributed by atoms with E-state index in [-0.39, 0.29) is 24.5 Å². The third-order valence-electron chi connectivity index (χ3n) is 2.29. The van der Waals surface area contributed by atoms with Gasteiger partial charge in [-0.25, -0.2) is 0 Å². The van der Waals surface area contributed by atoms with Gasteiger partial charge in [0.2, 0.25) is 5.91 Å². The van der Waals surface area contributed by atoms with Gasteiger partial charge in [-0.15, -0.1) is 0 Å². The SMILES string of the molecule is CCNC(=O)c1cccc(NC(=O)COC(C)C)c1. The molecule has 0 unspecified atom stereocenters. The number of benzene rings is 1. The summed E-state index contributed by atoms with van der Waals surface area (Å²) in [5.41, 5.74) is 1.10. The van der Waals surface area contributed by atoms with Crippen LogP contribution in [0.25, 0.3) is 0 Å². The maximum absolute atomic E-state index is 11.6. The van der Waals surface area contributed by atoms with E-state index in [2.05, 4.69) is 10.6 Å². The molecule has 19 heavy (non-hydrogen) atoms. The minimum Gasteiger partial charge on any atom is -0.369 e. The van der Waals surface area contributed by atoms with Crippen LogP contribution in [0.5, 0.6) is 0 Å². The van der Waals surface area contributed by atoms with Gasteiger partial charge in [-0.1, -0.05) is 6.07 Å². The molecule has 0 aliphatic rings. The lowest BCUT2D eigenvalue weighted by Crippen LogP contribution is -2.23. The molecule has 0 saturated heterocycles. The lowest BCUT2D eigenvalue weighted by molar-refractivity contribution is -0.121. The molecule has 1 aromatic carbocycles. The Morgan fingerprint density at radius 1 is 1.32 bits per heavy atom. The number of carbonyl (C=O) groups excluding carboxylic acids is 2. The van der Waals surface area contributed by atoms with Crippen molar-refractivity contribution in [2.75, 3.05) is 18.5 Å². The monoisotopic (exact) mass is 264 g/mol. The van der Waals surface area contributed by atoms with Crippen molar-refractivity contribution in [3.63, 3.8) is 0 Å². The summed E-state index contributed by atoms with van der Waals surface area (Å²) in [7, 11) is 0. The zero-order chi connectivity index (χ0) is 14.3. The molecule has 2 amide bonds. The first-order chi connectivity index (χ1) is 9.02. The highest BCUT2D eigenvalue weighted by Gasteiger charge is 2.07. The van der Waals surface area contributed by atoms with Gasteiger partial charge in [-0.2, -0.15) is 0 Å². The van der Waals surface area contributed by atoms with Crippen molar-refractivity contribution in [2.24, 2.45) is 0 Å². The van der Waals surface area contributed by atoms with E-state index in [1.54, 1.807) is 24.3 Å². The Hall–Kier alpha value is -1.88. The zero-order valence-corrected chi connectivity index (χ0v) is 11.5. The number of anilines is 1. The van der Waals surface area contributed by atoms with Gasteiger partial charge >= 0.3 is 0 Å². The molecule has 104 valence electrons. The maximum Gasteiger partial charge on any atom is 0.251 e. The highest BCUT2D eigenvalue weighted by atomic mass is 16.5. The van der Waals surface area contributed by atoms with Crippen molar-refractivity contribution >= 4 is 17.5 Å². The molecule has 0 atom stereocenters. The summed E-state index contributed by atoms with van der Waals surface area (Å²) in [6.45, 7) is 6.15. The first-order valence-corrected chi connectivity index (χ1v) is 6.32. The Labute approximate surface area is 113 Å². The quantitative estimate of drug-likeness (QED) is 0.823. The molecule has 5 nitrogen and oxygen atoms in total. The van der Waals surface area contributed by atoms with Crippen LogP contribution in [0, 0.1) is 0 Å². The van der Waals surface area contributed by atoms with E-state index < -0.39 is 0 Å². The van der Waals surface area contributed by atoms with Crippen LogP contribution in [-0.4, -0.2) is 31.1 Å². The summed E-state index contributed by atoms with van der Waals surface area (Å²) < 4.78 is 5.20. The fourth-order valence-corrected chi connectivity index (χ4v) is 1.44. The summed E-state index contributed by atoms with van der Waals surface area (Å²) in [4.78, 5) is 23.2. The Bertz CT molecular complexity index is 444. The second-order valence-electron chi connectivity index (χ2n) is 4.35. The number of amides is 2. The molecule has 2 N–H and O–H groups in total. The number of nitrogens with one attached hydrogen (secondary N) is 2. The van der Waals surface area contributed by atoms with Gasteiger partial charge in [0.15, 0.2) is 0 Å². The van der Waals surface area contributed by atoms with E-state index in [4.69, 9.17) is 4.74 Å². The second-order valence-corrected chi connectivity index (χ2v) is 4.35. The Balaban J connectivity index is 2.61. The Morgan fingerprint density at radius 2 is 2.05 bits per heavy atom. The maximum atomic E-state index is 11.6. The van der Waals surface area contributed by atoms with E-state index >= 15 is 0 Å². The molecular formula is C14H20N2O3. The van der Waals surface area contributed by atoms with E-state index in [1.165, 1.54) is 0 Å². The van der Waals surface area contributed by atoms with Gasteiger partial charge in [0, 0.05) is 17.8 Å². The van der Waals surface area contributed by atoms with Gasteiger partial charge in [0.25, 0.3) is 5.91 Å². The summed E-state index contributed by atoms with van der Waals surface area (Å²) in [6, 6.07) is 6.79. The molecule has 0 spiro atoms. The van der Waals surface area contributed by atoms with Gasteiger partial charge in [0.05, 0.1) is 6.10 Å². The van der Waals surface area contributed by atoms with Gasteiger partial charge in [0.1, 0.15) is 6.61 Å². The lowest BCUT2D eigenvalue weighted by atomic mass is 10.2. The molecule has 0 heterocycles. The van der Waals surface area contributed by atoms with Crippen LogP contribution in [0.3, 0.4) is 0 Å². The zero-order valence-electron chi connectivity index (χ0n) is 11.5. The van der Waals surface area contributed by atoms with Crippen LogP contribution >= 0.6 is 0 Å². The van der Waals surface area contributed by atoms with Crippen molar-refractivity contribution < 1.29 is 14.3 Å². The van der Waals surface area contributed by atoms with Crippen LogP contribution in [0.4, 0.5) is 5.69 Å². The predicted octanol–water partition coefficient (Wildman–Crippen LogP) is 1.80. The molecule has 0 bridgehead atoms. The Kier molecular flexibility index (Phi) is 6.02. The second kappa shape index (κ2) is 7.53. The molecule has 1 rings (SSSR count). The highest BCUT2D eigenvalue weighted by molar-refractivity contribution is 5.97. The lowest BCUT2D eigenvalue weighted by Gasteiger charge is -2.09. The van der Waals surface area contributed by atoms with Crippen LogP contribution in [0.15, 0.2) is 24.3 Å². The van der Waals surface area contributed by atoms with Crippen molar-refractivity contribution in [1.82, 2.24) is 5.32 Å². The normalized spacial score (nSPS) is 10.3. The summed E-state index contributed by atoms with van der Waals surface area (Å²) in [6.07, 6.45) is 0.00687. The van der Waals surface area contributed by atoms with E-state index in [9.17, 15) is 9.59 Å². The van der Waals surface area contributed by atoms with Crippen molar-refractivity contribution in [3.8, 4) is 0 Å². The molecule has 0 radical (unpaired) electrons. The van der Waals surface area contributed by atoms with Crippen LogP contribution in [0.1, 0.15) is 31.1 Å². The molecule has 0 aliphatic heterocycles. The van der Waals surface area contributed by atoms with Gasteiger partial charge in [-0.05, 0) is 39.0 Å². The average molecular weight is 264 g/mol. The molecule has 0 saturated carbocycles. The summed E-state index contributed by atoms with van der Waals surface area (Å²) in [5.74, 6) is -0.390. The number of hydrogen-bond acceptors (Lipinski definition) is 3. The Morgan fingerprint density at radius 3 is 2.68 bits per heavy atom. The van der Waals surface area contributed by atoms with Crippen LogP contribution in [-0.2, 0) is 9.53 Å². The third kappa shape index (κ3) is 5.52. The minimum absolute atomic E-state index is 0.00303. The molecule has 5 heteroatoms. The van der Waals surface area contributed by atoms with E-state index in [1.807, 2.05) is 20.8 Å². The molecular weight excluding hydrogens is 244 g/mol. The molecule has 1 aromatic rings. The van der Waals surface area contributed by atoms with Crippen LogP contribution in [0.2, 0.25) is 0 Å². The van der Waals surface area contributed by atoms with E-state index in [0.29, 0.717) is 17.8 Å². The summed E-state index contributed by atoms with van der Waals surface area (Å²) >= 11 is 0. The number of ether oxygens (including phenoxy) is 1. The summed E-state index contributed by atoms with van der Waals surface area (Å²) in [5, 5.41) is 5.40. The highest BCUT2D eigenvalue weighted by Crippen LogP contribution is 2.10. The molecule has 0 aromatic heterocycles. The number of hydrogen-bond donors (Lipinski definition) is 2. The number of carbonyl (C=O) groups is 2. The number of rotatable bonds is 6. The standard InChI is InChI=1S/C14H20N2O3/c1-4-15-14(18)11-6-5-7-12(8-11)16-13(17)9-19-10(2)3/h5-8,10H,4,9H2,1-3H3,(H,15,18)(H,16,17). The molecule has 0 fully saturated rings. The fourth-order valence-electron chi connectivity index (χ4n) is 1.44.